The largest absolute Gasteiger partial charge is 0.263 e. The summed E-state index contributed by atoms with van der Waals surface area (Å²) in [5, 5.41) is 2.80. The molecule has 3 nitrogen and oxygen atoms in total. The predicted molar refractivity (Wildman–Crippen MR) is 84.4 cm³/mol. The third-order valence-electron chi connectivity index (χ3n) is 4.04. The standard InChI is InChI=1S/C17H14ClN3/c18-16-13-7-3-4-8-15(13)20-17(21-16)14-10-19-9-11-5-1-2-6-12(11)14/h1-2,5-6,9-10H,3-4,7-8H2. The zero-order valence-electron chi connectivity index (χ0n) is 11.5. The summed E-state index contributed by atoms with van der Waals surface area (Å²) < 4.78 is 0. The van der Waals surface area contributed by atoms with Gasteiger partial charge in [-0.25, -0.2) is 9.97 Å². The minimum atomic E-state index is 0.600. The van der Waals surface area contributed by atoms with Gasteiger partial charge in [-0.1, -0.05) is 35.9 Å². The molecule has 0 atom stereocenters. The Labute approximate surface area is 128 Å². The van der Waals surface area contributed by atoms with E-state index in [9.17, 15) is 0 Å². The van der Waals surface area contributed by atoms with Gasteiger partial charge in [0.2, 0.25) is 0 Å². The van der Waals surface area contributed by atoms with E-state index < -0.39 is 0 Å². The molecule has 4 heteroatoms. The lowest BCUT2D eigenvalue weighted by Gasteiger charge is -2.16. The minimum Gasteiger partial charge on any atom is -0.263 e. The maximum Gasteiger partial charge on any atom is 0.163 e. The summed E-state index contributed by atoms with van der Waals surface area (Å²) in [4.78, 5) is 13.6. The fourth-order valence-electron chi connectivity index (χ4n) is 2.96. The van der Waals surface area contributed by atoms with Gasteiger partial charge < -0.3 is 0 Å². The molecule has 4 rings (SSSR count). The van der Waals surface area contributed by atoms with Crippen LogP contribution in [0.4, 0.5) is 0 Å². The molecule has 0 saturated heterocycles. The third kappa shape index (κ3) is 2.18. The molecular formula is C17H14ClN3. The summed E-state index contributed by atoms with van der Waals surface area (Å²) in [6, 6.07) is 8.15. The van der Waals surface area contributed by atoms with Crippen LogP contribution in [0.5, 0.6) is 0 Å². The van der Waals surface area contributed by atoms with E-state index >= 15 is 0 Å². The van der Waals surface area contributed by atoms with Crippen LogP contribution in [-0.2, 0) is 12.8 Å². The van der Waals surface area contributed by atoms with Crippen molar-refractivity contribution in [2.24, 2.45) is 0 Å². The van der Waals surface area contributed by atoms with Gasteiger partial charge in [-0.3, -0.25) is 4.98 Å². The number of benzene rings is 1. The second kappa shape index (κ2) is 5.08. The maximum atomic E-state index is 6.38. The Kier molecular flexibility index (Phi) is 3.08. The van der Waals surface area contributed by atoms with Crippen LogP contribution in [0.3, 0.4) is 0 Å². The molecule has 1 aliphatic carbocycles. The molecular weight excluding hydrogens is 282 g/mol. The Bertz CT molecular complexity index is 824. The van der Waals surface area contributed by atoms with Crippen LogP contribution in [0.25, 0.3) is 22.2 Å². The number of halogens is 1. The highest BCUT2D eigenvalue weighted by Crippen LogP contribution is 2.30. The number of fused-ring (bicyclic) bond motifs is 2. The monoisotopic (exact) mass is 295 g/mol. The summed E-state index contributed by atoms with van der Waals surface area (Å²) >= 11 is 6.38. The van der Waals surface area contributed by atoms with Gasteiger partial charge in [0.15, 0.2) is 5.82 Å². The fraction of sp³-hybridized carbons (Fsp3) is 0.235. The highest BCUT2D eigenvalue weighted by molar-refractivity contribution is 6.30. The lowest BCUT2D eigenvalue weighted by atomic mass is 9.97. The second-order valence-corrected chi connectivity index (χ2v) is 5.74. The van der Waals surface area contributed by atoms with Crippen molar-refractivity contribution in [3.8, 4) is 11.4 Å². The Balaban J connectivity index is 1.95. The van der Waals surface area contributed by atoms with E-state index in [0.29, 0.717) is 11.0 Å². The number of pyridine rings is 1. The topological polar surface area (TPSA) is 38.7 Å². The molecule has 0 radical (unpaired) electrons. The molecule has 2 aromatic heterocycles. The fourth-order valence-corrected chi connectivity index (χ4v) is 3.25. The van der Waals surface area contributed by atoms with Gasteiger partial charge in [-0.05, 0) is 31.1 Å². The van der Waals surface area contributed by atoms with E-state index in [-0.39, 0.29) is 0 Å². The van der Waals surface area contributed by atoms with E-state index in [1.54, 1.807) is 0 Å². The molecule has 0 saturated carbocycles. The molecule has 104 valence electrons. The quantitative estimate of drug-likeness (QED) is 0.631. The first kappa shape index (κ1) is 12.7. The maximum absolute atomic E-state index is 6.38. The van der Waals surface area contributed by atoms with Crippen molar-refractivity contribution in [3.63, 3.8) is 0 Å². The molecule has 3 aromatic rings. The molecule has 21 heavy (non-hydrogen) atoms. The number of rotatable bonds is 1. The second-order valence-electron chi connectivity index (χ2n) is 5.38. The molecule has 0 amide bonds. The summed E-state index contributed by atoms with van der Waals surface area (Å²) in [6.45, 7) is 0. The van der Waals surface area contributed by atoms with Gasteiger partial charge in [0, 0.05) is 34.6 Å². The number of hydrogen-bond donors (Lipinski definition) is 0. The summed E-state index contributed by atoms with van der Waals surface area (Å²) in [7, 11) is 0. The number of hydrogen-bond acceptors (Lipinski definition) is 3. The number of nitrogens with zero attached hydrogens (tertiary/aromatic N) is 3. The lowest BCUT2D eigenvalue weighted by molar-refractivity contribution is 0.663. The number of aromatic nitrogens is 3. The van der Waals surface area contributed by atoms with Crippen molar-refractivity contribution >= 4 is 22.4 Å². The van der Waals surface area contributed by atoms with Crippen molar-refractivity contribution in [2.45, 2.75) is 25.7 Å². The van der Waals surface area contributed by atoms with Crippen molar-refractivity contribution in [2.75, 3.05) is 0 Å². The molecule has 0 aliphatic heterocycles. The molecule has 1 aromatic carbocycles. The minimum absolute atomic E-state index is 0.600. The van der Waals surface area contributed by atoms with Crippen LogP contribution in [-0.4, -0.2) is 15.0 Å². The first-order valence-electron chi connectivity index (χ1n) is 7.21. The van der Waals surface area contributed by atoms with Gasteiger partial charge in [-0.2, -0.15) is 0 Å². The highest BCUT2D eigenvalue weighted by atomic mass is 35.5. The van der Waals surface area contributed by atoms with Crippen LogP contribution in [0.1, 0.15) is 24.1 Å². The average molecular weight is 296 g/mol. The third-order valence-corrected chi connectivity index (χ3v) is 4.35. The molecule has 0 spiro atoms. The molecule has 2 heterocycles. The van der Waals surface area contributed by atoms with Crippen molar-refractivity contribution in [1.82, 2.24) is 15.0 Å². The van der Waals surface area contributed by atoms with Crippen LogP contribution in [0, 0.1) is 0 Å². The molecule has 0 N–H and O–H groups in total. The van der Waals surface area contributed by atoms with Crippen LogP contribution in [0.15, 0.2) is 36.7 Å². The lowest BCUT2D eigenvalue weighted by Crippen LogP contribution is -2.09. The van der Waals surface area contributed by atoms with E-state index in [1.165, 1.54) is 12.8 Å². The molecule has 0 bridgehead atoms. The first-order valence-corrected chi connectivity index (χ1v) is 7.59. The summed E-state index contributed by atoms with van der Waals surface area (Å²) in [6.07, 6.45) is 8.01. The van der Waals surface area contributed by atoms with Crippen molar-refractivity contribution in [3.05, 3.63) is 53.1 Å². The van der Waals surface area contributed by atoms with Crippen LogP contribution in [0.2, 0.25) is 5.15 Å². The highest BCUT2D eigenvalue weighted by Gasteiger charge is 2.18. The Morgan fingerprint density at radius 2 is 1.81 bits per heavy atom. The van der Waals surface area contributed by atoms with E-state index in [1.807, 2.05) is 30.6 Å². The van der Waals surface area contributed by atoms with Gasteiger partial charge >= 0.3 is 0 Å². The van der Waals surface area contributed by atoms with Crippen LogP contribution < -0.4 is 0 Å². The van der Waals surface area contributed by atoms with Gasteiger partial charge in [0.25, 0.3) is 0 Å². The average Bonchev–Trinajstić information content (AvgIpc) is 2.54. The van der Waals surface area contributed by atoms with Crippen molar-refractivity contribution in [1.29, 1.82) is 0 Å². The van der Waals surface area contributed by atoms with E-state index in [2.05, 4.69) is 16.0 Å². The molecule has 1 aliphatic rings. The van der Waals surface area contributed by atoms with Crippen LogP contribution >= 0.6 is 11.6 Å². The smallest absolute Gasteiger partial charge is 0.163 e. The molecule has 0 fully saturated rings. The summed E-state index contributed by atoms with van der Waals surface area (Å²) in [5.41, 5.74) is 3.17. The van der Waals surface area contributed by atoms with E-state index in [4.69, 9.17) is 16.6 Å². The Hall–Kier alpha value is -2.00. The Morgan fingerprint density at radius 3 is 2.76 bits per heavy atom. The zero-order chi connectivity index (χ0) is 14.2. The Morgan fingerprint density at radius 1 is 0.952 bits per heavy atom. The predicted octanol–water partition coefficient (Wildman–Crippen LogP) is 4.22. The van der Waals surface area contributed by atoms with Gasteiger partial charge in [0.05, 0.1) is 0 Å². The van der Waals surface area contributed by atoms with Gasteiger partial charge in [-0.15, -0.1) is 0 Å². The summed E-state index contributed by atoms with van der Waals surface area (Å²) in [5.74, 6) is 0.685. The first-order chi connectivity index (χ1) is 10.3. The zero-order valence-corrected chi connectivity index (χ0v) is 12.3. The normalized spacial score (nSPS) is 14.1. The van der Waals surface area contributed by atoms with Gasteiger partial charge in [0.1, 0.15) is 5.15 Å². The van der Waals surface area contributed by atoms with E-state index in [0.717, 1.165) is 40.4 Å². The van der Waals surface area contributed by atoms with Crippen molar-refractivity contribution < 1.29 is 0 Å². The molecule has 0 unspecified atom stereocenters. The number of aryl methyl sites for hydroxylation is 1. The SMILES string of the molecule is Clc1nc(-c2cncc3ccccc23)nc2c1CCCC2.